The number of nitrogens with two attached hydrogens (primary N) is 2. The third kappa shape index (κ3) is 14.4. The van der Waals surface area contributed by atoms with E-state index in [9.17, 15) is 15.0 Å². The molecule has 0 aliphatic carbocycles. The first-order valence-corrected chi connectivity index (χ1v) is 10.9. The maximum atomic E-state index is 10.9. The van der Waals surface area contributed by atoms with Gasteiger partial charge in [0, 0.05) is 0 Å². The number of carboxylic acids is 1. The van der Waals surface area contributed by atoms with E-state index in [1.165, 1.54) is 27.7 Å². The van der Waals surface area contributed by atoms with Gasteiger partial charge in [0.25, 0.3) is 0 Å². The number of carbonyl (C=O) groups is 2. The summed E-state index contributed by atoms with van der Waals surface area (Å²) in [6.45, 7) is 7.75. The Labute approximate surface area is 161 Å². The molecule has 158 valence electrons. The summed E-state index contributed by atoms with van der Waals surface area (Å²) in [5, 5.41) is 45.8. The fraction of sp³-hybridized carbons (Fsp3) is 0.700. The third-order valence-corrected chi connectivity index (χ3v) is 2.65. The van der Waals surface area contributed by atoms with Gasteiger partial charge in [-0.3, -0.25) is 10.1 Å². The second kappa shape index (κ2) is 19.9. The first kappa shape index (κ1) is 39.6. The van der Waals surface area contributed by atoms with Crippen LogP contribution in [-0.4, -0.2) is 39.1 Å². The number of aliphatic hydroxyl groups is 2. The van der Waals surface area contributed by atoms with Crippen molar-refractivity contribution in [3.63, 3.8) is 0 Å². The number of hydrogen-bond donors (Lipinski definition) is 4. The van der Waals surface area contributed by atoms with Gasteiger partial charge in [0.05, 0.1) is 0 Å². The molecule has 0 radical (unpaired) electrons. The third-order valence-electron chi connectivity index (χ3n) is 2.65. The molecular formula is C10H23Cl2N3O9Pt-2. The Bertz CT molecular complexity index is 337. The fourth-order valence-electron chi connectivity index (χ4n) is 1.17. The summed E-state index contributed by atoms with van der Waals surface area (Å²) in [5.41, 5.74) is -3.27. The van der Waals surface area contributed by atoms with Crippen LogP contribution in [-0.2, 0) is 31.0 Å². The second-order valence-electron chi connectivity index (χ2n) is 4.67. The SMILES string of the molecule is C=O.CC(C)([CH-]OO)C(O)(O)C(C)(C)C(=O)O.O=N[O-].[Cl][Pt+2][Cl].[NH2-].[NH2-]. The minimum atomic E-state index is -2.57. The minimum Gasteiger partial charge on any atom is -0.693 e. The predicted octanol–water partition coefficient (Wildman–Crippen LogP) is 3.33. The summed E-state index contributed by atoms with van der Waals surface area (Å²) in [6.07, 6.45) is 0. The summed E-state index contributed by atoms with van der Waals surface area (Å²) in [5.74, 6) is -3.94. The van der Waals surface area contributed by atoms with Crippen molar-refractivity contribution in [2.24, 2.45) is 16.2 Å². The molecule has 0 aromatic carbocycles. The van der Waals surface area contributed by atoms with Gasteiger partial charge in [0.2, 0.25) is 0 Å². The van der Waals surface area contributed by atoms with Gasteiger partial charge in [-0.2, -0.15) is 6.61 Å². The van der Waals surface area contributed by atoms with Crippen LogP contribution in [0.5, 0.6) is 0 Å². The van der Waals surface area contributed by atoms with Gasteiger partial charge in [-0.15, -0.1) is 5.34 Å². The zero-order valence-corrected chi connectivity index (χ0v) is 17.6. The predicted molar refractivity (Wildman–Crippen MR) is 88.9 cm³/mol. The molecule has 12 nitrogen and oxygen atoms in total. The zero-order chi connectivity index (χ0) is 19.9. The van der Waals surface area contributed by atoms with Crippen molar-refractivity contribution in [1.29, 1.82) is 0 Å². The molecule has 0 bridgehead atoms. The number of halogens is 2. The number of carbonyl (C=O) groups excluding carboxylic acids is 1. The van der Waals surface area contributed by atoms with E-state index < -0.39 is 39.1 Å². The summed E-state index contributed by atoms with van der Waals surface area (Å²) in [6, 6.07) is 0. The number of carboxylic acid groups (broad SMARTS) is 1. The molecule has 0 fully saturated rings. The molecule has 0 rings (SSSR count). The average Bonchev–Trinajstić information content (AvgIpc) is 2.42. The Balaban J connectivity index is -0.0000000772. The Morgan fingerprint density at radius 3 is 1.60 bits per heavy atom. The molecule has 15 heteroatoms. The van der Waals surface area contributed by atoms with Crippen LogP contribution < -0.4 is 0 Å². The zero-order valence-electron chi connectivity index (χ0n) is 13.8. The summed E-state index contributed by atoms with van der Waals surface area (Å²) >= 11 is -0.472. The number of hydrogen-bond acceptors (Lipinski definition) is 9. The van der Waals surface area contributed by atoms with E-state index in [1.54, 1.807) is 0 Å². The van der Waals surface area contributed by atoms with Gasteiger partial charge in [-0.25, -0.2) is 0 Å². The van der Waals surface area contributed by atoms with E-state index in [2.05, 4.69) is 4.89 Å². The van der Waals surface area contributed by atoms with Crippen LogP contribution in [0.1, 0.15) is 27.7 Å². The number of rotatable bonds is 5. The van der Waals surface area contributed by atoms with Crippen LogP contribution in [0.4, 0.5) is 0 Å². The van der Waals surface area contributed by atoms with Crippen LogP contribution in [0, 0.1) is 27.6 Å². The number of nitrogens with zero attached hydrogens (tertiary/aromatic N) is 1. The van der Waals surface area contributed by atoms with Crippen molar-refractivity contribution in [1.82, 2.24) is 0 Å². The molecule has 0 heterocycles. The Hall–Kier alpha value is -0.432. The molecule has 8 N–H and O–H groups in total. The van der Waals surface area contributed by atoms with Crippen molar-refractivity contribution in [2.75, 3.05) is 0 Å². The van der Waals surface area contributed by atoms with E-state index in [4.69, 9.17) is 44.1 Å². The van der Waals surface area contributed by atoms with Crippen molar-refractivity contribution >= 4 is 31.6 Å². The van der Waals surface area contributed by atoms with Crippen molar-refractivity contribution in [2.45, 2.75) is 33.5 Å². The van der Waals surface area contributed by atoms with E-state index in [-0.39, 0.29) is 12.3 Å². The van der Waals surface area contributed by atoms with Crippen LogP contribution in [0.2, 0.25) is 0 Å². The van der Waals surface area contributed by atoms with Gasteiger partial charge in [-0.1, -0.05) is 19.3 Å². The molecule has 0 aliphatic heterocycles. The van der Waals surface area contributed by atoms with Crippen molar-refractivity contribution < 1.29 is 51.5 Å². The van der Waals surface area contributed by atoms with Gasteiger partial charge < -0.3 is 47.4 Å². The van der Waals surface area contributed by atoms with Gasteiger partial charge >= 0.3 is 41.3 Å². The van der Waals surface area contributed by atoms with Crippen LogP contribution >= 0.6 is 18.8 Å². The van der Waals surface area contributed by atoms with E-state index in [0.717, 1.165) is 11.9 Å². The molecule has 0 spiro atoms. The van der Waals surface area contributed by atoms with Crippen LogP contribution in [0.25, 0.3) is 12.3 Å². The molecule has 0 atom stereocenters. The molecule has 25 heavy (non-hydrogen) atoms. The molecule has 0 amide bonds. The quantitative estimate of drug-likeness (QED) is 0.120. The standard InChI is InChI=1S/C9H17O6.CH2O.2ClH.HNO2.2H2N.Pt/c1-7(2,5-15-14)9(12,13)8(3,4)6(10)11;1-2;;;2-1-3;;;/h5,12-14H,1-4H3,(H,10,11);1H2;2*1H;(H,2,3);2*1H2;/q-1;;;;;2*-1;+4/p-3. The second-order valence-corrected chi connectivity index (χ2v) is 7.95. The molecule has 0 saturated carbocycles. The van der Waals surface area contributed by atoms with Gasteiger partial charge in [0.1, 0.15) is 12.2 Å². The molecule has 0 unspecified atom stereocenters. The van der Waals surface area contributed by atoms with Crippen LogP contribution in [0.3, 0.4) is 0 Å². The summed E-state index contributed by atoms with van der Waals surface area (Å²) < 4.78 is 0. The minimum absolute atomic E-state index is 0. The molecule has 0 saturated heterocycles. The monoisotopic (exact) mass is 594 g/mol. The maximum absolute atomic E-state index is 10.9. The van der Waals surface area contributed by atoms with Crippen molar-refractivity contribution in [3.8, 4) is 0 Å². The van der Waals surface area contributed by atoms with E-state index in [1.807, 2.05) is 6.79 Å². The van der Waals surface area contributed by atoms with Gasteiger partial charge in [0.15, 0.2) is 5.79 Å². The first-order chi connectivity index (χ1) is 10.3. The van der Waals surface area contributed by atoms with Crippen molar-refractivity contribution in [3.05, 3.63) is 29.0 Å². The average molecular weight is 595 g/mol. The molecule has 0 aromatic rings. The summed E-state index contributed by atoms with van der Waals surface area (Å²) in [7, 11) is 9.75. The first-order valence-electron chi connectivity index (χ1n) is 5.22. The fourth-order valence-corrected chi connectivity index (χ4v) is 1.17. The topological polar surface area (TPSA) is 244 Å². The van der Waals surface area contributed by atoms with Gasteiger partial charge in [-0.05, 0) is 13.8 Å². The summed E-state index contributed by atoms with van der Waals surface area (Å²) in [4.78, 5) is 30.6. The Morgan fingerprint density at radius 2 is 1.44 bits per heavy atom. The smallest absolute Gasteiger partial charge is 0.693 e. The molecule has 0 aromatic heterocycles. The largest absolute Gasteiger partial charge is 0.693 e. The molecule has 0 aliphatic rings. The number of aliphatic carboxylic acids is 1. The normalized spacial score (nSPS) is 9.96. The maximum Gasteiger partial charge on any atom is -0.693 e. The van der Waals surface area contributed by atoms with Crippen LogP contribution in [0.15, 0.2) is 5.34 Å². The van der Waals surface area contributed by atoms with E-state index >= 15 is 0 Å². The van der Waals surface area contributed by atoms with E-state index in [0.29, 0.717) is 0 Å². The Morgan fingerprint density at radius 1 is 1.20 bits per heavy atom. The Kier molecular flexibility index (Phi) is 31.5. The molecular weight excluding hydrogens is 572 g/mol.